The Hall–Kier alpha value is -2.34. The van der Waals surface area contributed by atoms with Crippen molar-refractivity contribution in [2.75, 3.05) is 19.5 Å². The Morgan fingerprint density at radius 1 is 1.25 bits per heavy atom. The van der Waals surface area contributed by atoms with Gasteiger partial charge in [-0.3, -0.25) is 4.98 Å². The maximum Gasteiger partial charge on any atom is 0.173 e. The minimum atomic E-state index is 0.505. The normalized spacial score (nSPS) is 13.2. The molecule has 1 aliphatic carbocycles. The first-order valence-corrected chi connectivity index (χ1v) is 8.30. The van der Waals surface area contributed by atoms with E-state index in [9.17, 15) is 0 Å². The van der Waals surface area contributed by atoms with Crippen molar-refractivity contribution in [3.05, 3.63) is 48.3 Å². The average molecular weight is 343 g/mol. The second kappa shape index (κ2) is 7.49. The molecule has 1 saturated carbocycles. The fraction of sp³-hybridized carbons (Fsp3) is 0.333. The van der Waals surface area contributed by atoms with Crippen LogP contribution in [0.15, 0.2) is 42.7 Å². The van der Waals surface area contributed by atoms with Crippen LogP contribution in [0.3, 0.4) is 0 Å². The van der Waals surface area contributed by atoms with Gasteiger partial charge in [0.1, 0.15) is 0 Å². The average Bonchev–Trinajstić information content (AvgIpc) is 3.45. The number of pyridine rings is 1. The van der Waals surface area contributed by atoms with Crippen molar-refractivity contribution in [3.8, 4) is 11.5 Å². The van der Waals surface area contributed by atoms with Gasteiger partial charge >= 0.3 is 0 Å². The smallest absolute Gasteiger partial charge is 0.173 e. The molecule has 1 aromatic heterocycles. The van der Waals surface area contributed by atoms with Crippen LogP contribution in [0.1, 0.15) is 18.4 Å². The maximum absolute atomic E-state index is 5.64. The highest BCUT2D eigenvalue weighted by Gasteiger charge is 2.31. The molecule has 1 fully saturated rings. The zero-order chi connectivity index (χ0) is 16.9. The summed E-state index contributed by atoms with van der Waals surface area (Å²) in [6.07, 6.45) is 6.02. The number of nitrogens with one attached hydrogen (secondary N) is 1. The van der Waals surface area contributed by atoms with Crippen LogP contribution in [-0.4, -0.2) is 35.3 Å². The number of hydrogen-bond donors (Lipinski definition) is 1. The van der Waals surface area contributed by atoms with Gasteiger partial charge in [-0.1, -0.05) is 6.07 Å². The van der Waals surface area contributed by atoms with Gasteiger partial charge in [0.05, 0.1) is 14.2 Å². The van der Waals surface area contributed by atoms with Crippen molar-refractivity contribution in [2.24, 2.45) is 0 Å². The lowest BCUT2D eigenvalue weighted by atomic mass is 10.2. The molecule has 1 aromatic carbocycles. The molecule has 3 rings (SSSR count). The van der Waals surface area contributed by atoms with E-state index >= 15 is 0 Å². The Bertz CT molecular complexity index is 705. The Morgan fingerprint density at radius 2 is 2.04 bits per heavy atom. The number of thiocarbonyl (C=S) groups is 1. The van der Waals surface area contributed by atoms with Gasteiger partial charge in [0.15, 0.2) is 16.6 Å². The molecule has 6 heteroatoms. The number of rotatable bonds is 6. The Morgan fingerprint density at radius 3 is 2.67 bits per heavy atom. The summed E-state index contributed by atoms with van der Waals surface area (Å²) < 4.78 is 10.6. The van der Waals surface area contributed by atoms with Crippen molar-refractivity contribution in [1.29, 1.82) is 0 Å². The minimum absolute atomic E-state index is 0.505. The van der Waals surface area contributed by atoms with Crippen LogP contribution >= 0.6 is 12.2 Å². The fourth-order valence-corrected chi connectivity index (χ4v) is 2.88. The quantitative estimate of drug-likeness (QED) is 0.811. The molecule has 0 saturated heterocycles. The summed E-state index contributed by atoms with van der Waals surface area (Å²) in [7, 11) is 3.25. The second-order valence-corrected chi connectivity index (χ2v) is 6.11. The summed E-state index contributed by atoms with van der Waals surface area (Å²) in [5.41, 5.74) is 2.04. The molecule has 0 aliphatic heterocycles. The summed E-state index contributed by atoms with van der Waals surface area (Å²) >= 11 is 5.64. The van der Waals surface area contributed by atoms with Gasteiger partial charge in [-0.25, -0.2) is 0 Å². The highest BCUT2D eigenvalue weighted by molar-refractivity contribution is 7.80. The topological polar surface area (TPSA) is 46.6 Å². The number of hydrogen-bond acceptors (Lipinski definition) is 4. The molecule has 1 N–H and O–H groups in total. The minimum Gasteiger partial charge on any atom is -0.493 e. The van der Waals surface area contributed by atoms with Gasteiger partial charge in [0.2, 0.25) is 0 Å². The standard InChI is InChI=1S/C18H21N3O2S/c1-22-16-8-5-14(10-17(16)23-2)20-18(24)21(15-6-7-15)12-13-4-3-9-19-11-13/h3-5,8-11,15H,6-7,12H2,1-2H3,(H,20,24). The van der Waals surface area contributed by atoms with Crippen molar-refractivity contribution >= 4 is 23.0 Å². The zero-order valence-electron chi connectivity index (χ0n) is 13.9. The predicted octanol–water partition coefficient (Wildman–Crippen LogP) is 3.46. The van der Waals surface area contributed by atoms with Crippen LogP contribution in [0.25, 0.3) is 0 Å². The third kappa shape index (κ3) is 3.94. The van der Waals surface area contributed by atoms with Gasteiger partial charge in [-0.2, -0.15) is 0 Å². The van der Waals surface area contributed by atoms with Gasteiger partial charge in [0, 0.05) is 36.7 Å². The monoisotopic (exact) mass is 343 g/mol. The SMILES string of the molecule is COc1ccc(NC(=S)N(Cc2cccnc2)C2CC2)cc1OC. The van der Waals surface area contributed by atoms with Gasteiger partial charge in [-0.15, -0.1) is 0 Å². The summed E-state index contributed by atoms with van der Waals surface area (Å²) in [6, 6.07) is 10.2. The largest absolute Gasteiger partial charge is 0.493 e. The molecule has 1 heterocycles. The summed E-state index contributed by atoms with van der Waals surface area (Å²) in [5, 5.41) is 4.03. The number of benzene rings is 1. The van der Waals surface area contributed by atoms with Gasteiger partial charge < -0.3 is 19.7 Å². The van der Waals surface area contributed by atoms with Crippen LogP contribution in [0, 0.1) is 0 Å². The number of anilines is 1. The Labute approximate surface area is 147 Å². The van der Waals surface area contributed by atoms with E-state index in [1.165, 1.54) is 12.8 Å². The van der Waals surface area contributed by atoms with Crippen molar-refractivity contribution < 1.29 is 9.47 Å². The highest BCUT2D eigenvalue weighted by Crippen LogP contribution is 2.32. The van der Waals surface area contributed by atoms with Crippen LogP contribution in [0.4, 0.5) is 5.69 Å². The molecular weight excluding hydrogens is 322 g/mol. The van der Waals surface area contributed by atoms with E-state index in [-0.39, 0.29) is 0 Å². The van der Waals surface area contributed by atoms with E-state index in [2.05, 4.69) is 21.3 Å². The summed E-state index contributed by atoms with van der Waals surface area (Å²) in [6.45, 7) is 0.762. The van der Waals surface area contributed by atoms with Crippen molar-refractivity contribution in [2.45, 2.75) is 25.4 Å². The molecule has 0 unspecified atom stereocenters. The molecule has 1 aliphatic rings. The third-order valence-corrected chi connectivity index (χ3v) is 4.30. The molecular formula is C18H21N3O2S. The molecule has 0 bridgehead atoms. The van der Waals surface area contributed by atoms with E-state index in [1.807, 2.05) is 30.5 Å². The number of nitrogens with zero attached hydrogens (tertiary/aromatic N) is 2. The highest BCUT2D eigenvalue weighted by atomic mass is 32.1. The summed E-state index contributed by atoms with van der Waals surface area (Å²) in [5.74, 6) is 1.37. The molecule has 0 spiro atoms. The molecule has 0 radical (unpaired) electrons. The van der Waals surface area contributed by atoms with E-state index in [1.54, 1.807) is 20.4 Å². The van der Waals surface area contributed by atoms with Crippen LogP contribution in [-0.2, 0) is 6.54 Å². The lowest BCUT2D eigenvalue weighted by molar-refractivity contribution is 0.355. The van der Waals surface area contributed by atoms with E-state index < -0.39 is 0 Å². The maximum atomic E-state index is 5.64. The number of aromatic nitrogens is 1. The predicted molar refractivity (Wildman–Crippen MR) is 98.6 cm³/mol. The second-order valence-electron chi connectivity index (χ2n) is 5.72. The van der Waals surface area contributed by atoms with E-state index in [4.69, 9.17) is 21.7 Å². The molecule has 0 atom stereocenters. The number of ether oxygens (including phenoxy) is 2. The molecule has 126 valence electrons. The fourth-order valence-electron chi connectivity index (χ4n) is 2.55. The van der Waals surface area contributed by atoms with E-state index in [0.29, 0.717) is 22.7 Å². The Balaban J connectivity index is 1.72. The zero-order valence-corrected chi connectivity index (χ0v) is 14.7. The first-order chi connectivity index (χ1) is 11.7. The molecule has 0 amide bonds. The lowest BCUT2D eigenvalue weighted by Crippen LogP contribution is -2.36. The molecule has 2 aromatic rings. The summed E-state index contributed by atoms with van der Waals surface area (Å²) in [4.78, 5) is 6.41. The van der Waals surface area contributed by atoms with Crippen LogP contribution in [0.5, 0.6) is 11.5 Å². The van der Waals surface area contributed by atoms with E-state index in [0.717, 1.165) is 17.8 Å². The lowest BCUT2D eigenvalue weighted by Gasteiger charge is -2.26. The van der Waals surface area contributed by atoms with Crippen LogP contribution in [0.2, 0.25) is 0 Å². The Kier molecular flexibility index (Phi) is 5.15. The molecule has 24 heavy (non-hydrogen) atoms. The first-order valence-electron chi connectivity index (χ1n) is 7.90. The van der Waals surface area contributed by atoms with Crippen LogP contribution < -0.4 is 14.8 Å². The van der Waals surface area contributed by atoms with Crippen molar-refractivity contribution in [1.82, 2.24) is 9.88 Å². The number of methoxy groups -OCH3 is 2. The van der Waals surface area contributed by atoms with Gasteiger partial charge in [-0.05, 0) is 48.8 Å². The first kappa shape index (κ1) is 16.5. The molecule has 5 nitrogen and oxygen atoms in total. The van der Waals surface area contributed by atoms with Crippen molar-refractivity contribution in [3.63, 3.8) is 0 Å². The van der Waals surface area contributed by atoms with Gasteiger partial charge in [0.25, 0.3) is 0 Å². The third-order valence-electron chi connectivity index (χ3n) is 3.96.